The van der Waals surface area contributed by atoms with Crippen LogP contribution in [0, 0.1) is 5.92 Å². The molecule has 0 saturated carbocycles. The summed E-state index contributed by atoms with van der Waals surface area (Å²) in [7, 11) is -3.53. The van der Waals surface area contributed by atoms with Crippen molar-refractivity contribution in [2.45, 2.75) is 39.4 Å². The van der Waals surface area contributed by atoms with Gasteiger partial charge in [-0.25, -0.2) is 15.0 Å². The first-order chi connectivity index (χ1) is 13.8. The second kappa shape index (κ2) is 8.87. The minimum atomic E-state index is -3.53. The third kappa shape index (κ3) is 4.35. The second-order valence-electron chi connectivity index (χ2n) is 6.68. The van der Waals surface area contributed by atoms with Crippen LogP contribution in [0.3, 0.4) is 0 Å². The first-order valence-electron chi connectivity index (χ1n) is 9.40. The molecule has 0 amide bonds. The molecule has 0 saturated heterocycles. The van der Waals surface area contributed by atoms with E-state index in [-0.39, 0.29) is 18.7 Å². The van der Waals surface area contributed by atoms with Gasteiger partial charge >= 0.3 is 7.60 Å². The molecule has 0 bridgehead atoms. The maximum absolute atomic E-state index is 13.0. The molecule has 0 aromatic carbocycles. The number of hydrogen-bond donors (Lipinski definition) is 1. The number of rotatable bonds is 9. The number of anilines is 1. The van der Waals surface area contributed by atoms with Crippen LogP contribution in [-0.4, -0.2) is 39.0 Å². The number of hydrogen-bond acceptors (Lipinski definition) is 9. The Labute approximate surface area is 173 Å². The van der Waals surface area contributed by atoms with Crippen molar-refractivity contribution in [1.82, 2.24) is 19.5 Å². The molecular weight excluding hydrogens is 413 g/mol. The van der Waals surface area contributed by atoms with Crippen molar-refractivity contribution >= 4 is 41.8 Å². The summed E-state index contributed by atoms with van der Waals surface area (Å²) in [6, 6.07) is 3.31. The normalized spacial score (nSPS) is 12.3. The highest BCUT2D eigenvalue weighted by Gasteiger charge is 2.32. The van der Waals surface area contributed by atoms with Gasteiger partial charge in [-0.1, -0.05) is 25.6 Å². The van der Waals surface area contributed by atoms with Gasteiger partial charge in [0.2, 0.25) is 5.50 Å². The summed E-state index contributed by atoms with van der Waals surface area (Å²) >= 11 is 1.41. The van der Waals surface area contributed by atoms with Crippen LogP contribution in [-0.2, 0) is 20.2 Å². The number of nitrogen functional groups attached to an aromatic ring is 1. The largest absolute Gasteiger partial charge is 0.445 e. The molecule has 11 heteroatoms. The van der Waals surface area contributed by atoms with E-state index in [1.54, 1.807) is 26.0 Å². The van der Waals surface area contributed by atoms with Crippen LogP contribution >= 0.6 is 19.4 Å². The van der Waals surface area contributed by atoms with E-state index in [9.17, 15) is 4.57 Å². The number of furan rings is 1. The predicted molar refractivity (Wildman–Crippen MR) is 115 cm³/mol. The molecule has 0 spiro atoms. The van der Waals surface area contributed by atoms with E-state index in [1.165, 1.54) is 11.8 Å². The molecular formula is C18H26N5O4PS. The van der Waals surface area contributed by atoms with Gasteiger partial charge in [0.25, 0.3) is 0 Å². The Morgan fingerprint density at radius 3 is 2.48 bits per heavy atom. The molecule has 3 aromatic rings. The van der Waals surface area contributed by atoms with E-state index in [1.807, 2.05) is 10.8 Å². The van der Waals surface area contributed by atoms with Crippen LogP contribution in [0.15, 0.2) is 21.7 Å². The van der Waals surface area contributed by atoms with E-state index in [4.69, 9.17) is 19.2 Å². The Kier molecular flexibility index (Phi) is 6.68. The van der Waals surface area contributed by atoms with Gasteiger partial charge in [0.1, 0.15) is 0 Å². The quantitative estimate of drug-likeness (QED) is 0.300. The fraction of sp³-hybridized carbons (Fsp3) is 0.500. The molecule has 0 aliphatic heterocycles. The number of fused-ring (bicyclic) bond motifs is 1. The molecule has 3 heterocycles. The zero-order chi connectivity index (χ0) is 21.2. The van der Waals surface area contributed by atoms with E-state index in [0.717, 1.165) is 0 Å². The molecule has 0 fully saturated rings. The van der Waals surface area contributed by atoms with Crippen LogP contribution in [0.25, 0.3) is 22.7 Å². The summed E-state index contributed by atoms with van der Waals surface area (Å²) in [6.45, 7) is 8.83. The fourth-order valence-corrected chi connectivity index (χ4v) is 4.76. The molecule has 3 aromatic heterocycles. The van der Waals surface area contributed by atoms with Crippen molar-refractivity contribution in [3.63, 3.8) is 0 Å². The minimum absolute atomic E-state index is 0.142. The SMILES string of the molecule is CCOP(=O)(OCC)c1ccc(-c2nc3c(N)nc(SC)nc3n2CC(C)C)o1. The average Bonchev–Trinajstić information content (AvgIpc) is 3.28. The van der Waals surface area contributed by atoms with Crippen LogP contribution in [0.1, 0.15) is 27.7 Å². The number of imidazole rings is 1. The molecule has 0 aliphatic carbocycles. The molecule has 3 rings (SSSR count). The number of nitrogens with two attached hydrogens (primary N) is 1. The maximum Gasteiger partial charge on any atom is 0.396 e. The lowest BCUT2D eigenvalue weighted by Crippen LogP contribution is -2.09. The van der Waals surface area contributed by atoms with Gasteiger partial charge < -0.3 is 23.8 Å². The number of nitrogens with zero attached hydrogens (tertiary/aromatic N) is 4. The summed E-state index contributed by atoms with van der Waals surface area (Å²) in [5.74, 6) is 1.61. The molecule has 29 heavy (non-hydrogen) atoms. The van der Waals surface area contributed by atoms with Gasteiger partial charge in [-0.05, 0) is 38.2 Å². The van der Waals surface area contributed by atoms with Crippen molar-refractivity contribution in [1.29, 1.82) is 0 Å². The summed E-state index contributed by atoms with van der Waals surface area (Å²) < 4.78 is 31.6. The van der Waals surface area contributed by atoms with Crippen LogP contribution in [0.5, 0.6) is 0 Å². The molecule has 0 atom stereocenters. The molecule has 0 aliphatic rings. The first kappa shape index (κ1) is 21.8. The van der Waals surface area contributed by atoms with E-state index in [0.29, 0.717) is 46.2 Å². The molecule has 2 N–H and O–H groups in total. The van der Waals surface area contributed by atoms with Gasteiger partial charge in [0.15, 0.2) is 33.7 Å². The summed E-state index contributed by atoms with van der Waals surface area (Å²) in [6.07, 6.45) is 1.89. The van der Waals surface area contributed by atoms with Gasteiger partial charge in [0.05, 0.1) is 13.2 Å². The topological polar surface area (TPSA) is 118 Å². The lowest BCUT2D eigenvalue weighted by molar-refractivity contribution is 0.225. The minimum Gasteiger partial charge on any atom is -0.445 e. The third-order valence-corrected chi connectivity index (χ3v) is 6.54. The standard InChI is InChI=1S/C18H26N5O4PS/c1-6-25-28(24,26-7-2)13-9-8-12(27-13)16-20-14-15(19)21-18(29-5)22-17(14)23(16)10-11(3)4/h8-9,11H,6-7,10H2,1-5H3,(H2,19,21,22). The lowest BCUT2D eigenvalue weighted by Gasteiger charge is -2.14. The monoisotopic (exact) mass is 439 g/mol. The van der Waals surface area contributed by atoms with Gasteiger partial charge in [-0.15, -0.1) is 0 Å². The maximum atomic E-state index is 13.0. The highest BCUT2D eigenvalue weighted by Crippen LogP contribution is 2.47. The van der Waals surface area contributed by atoms with E-state index < -0.39 is 7.60 Å². The Morgan fingerprint density at radius 1 is 1.21 bits per heavy atom. The van der Waals surface area contributed by atoms with Crippen molar-refractivity contribution in [2.75, 3.05) is 25.2 Å². The van der Waals surface area contributed by atoms with Gasteiger partial charge in [-0.2, -0.15) is 0 Å². The molecule has 158 valence electrons. The Morgan fingerprint density at radius 2 is 1.90 bits per heavy atom. The number of thioether (sulfide) groups is 1. The van der Waals surface area contributed by atoms with Crippen LogP contribution < -0.4 is 11.2 Å². The highest BCUT2D eigenvalue weighted by molar-refractivity contribution is 7.98. The van der Waals surface area contributed by atoms with E-state index >= 15 is 0 Å². The van der Waals surface area contributed by atoms with Crippen molar-refractivity contribution in [2.24, 2.45) is 5.92 Å². The average molecular weight is 439 g/mol. The zero-order valence-corrected chi connectivity index (χ0v) is 18.9. The highest BCUT2D eigenvalue weighted by atomic mass is 32.2. The third-order valence-electron chi connectivity index (χ3n) is 4.01. The molecule has 0 unspecified atom stereocenters. The Balaban J connectivity index is 2.16. The molecule has 9 nitrogen and oxygen atoms in total. The van der Waals surface area contributed by atoms with Gasteiger partial charge in [-0.3, -0.25) is 4.57 Å². The summed E-state index contributed by atoms with van der Waals surface area (Å²) in [5.41, 5.74) is 7.41. The fourth-order valence-electron chi connectivity index (χ4n) is 2.92. The second-order valence-corrected chi connectivity index (χ2v) is 9.40. The van der Waals surface area contributed by atoms with Crippen LogP contribution in [0.2, 0.25) is 0 Å². The smallest absolute Gasteiger partial charge is 0.396 e. The summed E-state index contributed by atoms with van der Waals surface area (Å²) in [5, 5.41) is 0.573. The van der Waals surface area contributed by atoms with E-state index in [2.05, 4.69) is 28.8 Å². The Bertz CT molecular complexity index is 1040. The lowest BCUT2D eigenvalue weighted by atomic mass is 10.2. The zero-order valence-electron chi connectivity index (χ0n) is 17.2. The van der Waals surface area contributed by atoms with Gasteiger partial charge in [0, 0.05) is 6.54 Å². The van der Waals surface area contributed by atoms with Crippen LogP contribution in [0.4, 0.5) is 5.82 Å². The molecule has 0 radical (unpaired) electrons. The predicted octanol–water partition coefficient (Wildman–Crippen LogP) is 3.94. The van der Waals surface area contributed by atoms with Crippen molar-refractivity contribution in [3.8, 4) is 11.6 Å². The number of aromatic nitrogens is 4. The summed E-state index contributed by atoms with van der Waals surface area (Å²) in [4.78, 5) is 13.5. The Hall–Kier alpha value is -1.87. The first-order valence-corrected chi connectivity index (χ1v) is 12.2. The van der Waals surface area contributed by atoms with Crippen molar-refractivity contribution < 1.29 is 18.0 Å². The van der Waals surface area contributed by atoms with Crippen molar-refractivity contribution in [3.05, 3.63) is 12.1 Å².